The van der Waals surface area contributed by atoms with Crippen molar-refractivity contribution >= 4 is 56.9 Å². The smallest absolute Gasteiger partial charge is 0.144 e. The van der Waals surface area contributed by atoms with Crippen LogP contribution < -0.4 is 48.3 Å². The molecule has 0 saturated heterocycles. The van der Waals surface area contributed by atoms with Gasteiger partial charge >= 0.3 is 0 Å². The number of unbranched alkanes of at least 4 members (excludes halogenated alkanes) is 8. The molecule has 0 bridgehead atoms. The summed E-state index contributed by atoms with van der Waals surface area (Å²) in [6.45, 7) is 48.5. The highest BCUT2D eigenvalue weighted by molar-refractivity contribution is 5.86. The molecule has 0 fully saturated rings. The molecule has 10 nitrogen and oxygen atoms in total. The molecule has 0 amide bonds. The average Bonchev–Trinajstić information content (AvgIpc) is 0.775. The van der Waals surface area contributed by atoms with Crippen LogP contribution in [0.5, 0.6) is 23.0 Å². The first kappa shape index (κ1) is 80.8. The van der Waals surface area contributed by atoms with E-state index in [2.05, 4.69) is 265 Å². The molecule has 0 heterocycles. The van der Waals surface area contributed by atoms with Gasteiger partial charge < -0.3 is 48.3 Å². The molecule has 10 heteroatoms. The van der Waals surface area contributed by atoms with Crippen LogP contribution in [0.25, 0.3) is 0 Å². The zero-order valence-electron chi connectivity index (χ0n) is 65.0. The molecule has 5 aromatic rings. The summed E-state index contributed by atoms with van der Waals surface area (Å²) in [5.74, 6) is 3.65. The highest BCUT2D eigenvalue weighted by Crippen LogP contribution is 2.49. The second-order valence-electron chi connectivity index (χ2n) is 28.1. The first-order valence-electron chi connectivity index (χ1n) is 39.4. The molecule has 0 radical (unpaired) electrons. The molecule has 0 aliphatic rings. The summed E-state index contributed by atoms with van der Waals surface area (Å²) in [5.41, 5.74) is 10.8. The Morgan fingerprint density at radius 2 is 0.385 bits per heavy atom. The van der Waals surface area contributed by atoms with Crippen LogP contribution in [0.1, 0.15) is 293 Å². The molecule has 5 aromatic carbocycles. The molecule has 0 N–H and O–H groups in total. The van der Waals surface area contributed by atoms with Gasteiger partial charge in [0.1, 0.15) is 23.0 Å². The Balaban J connectivity index is 1.90. The van der Waals surface area contributed by atoms with Crippen LogP contribution in [0.4, 0.5) is 56.9 Å². The van der Waals surface area contributed by atoms with E-state index < -0.39 is 0 Å². The van der Waals surface area contributed by atoms with Crippen LogP contribution in [0.3, 0.4) is 0 Å². The van der Waals surface area contributed by atoms with E-state index in [9.17, 15) is 0 Å². The van der Waals surface area contributed by atoms with Gasteiger partial charge in [-0.1, -0.05) is 158 Å². The maximum absolute atomic E-state index is 6.86. The lowest BCUT2D eigenvalue weighted by Crippen LogP contribution is -2.41. The van der Waals surface area contributed by atoms with Gasteiger partial charge in [0.2, 0.25) is 0 Å². The molecule has 0 aromatic heterocycles. The van der Waals surface area contributed by atoms with Crippen LogP contribution in [-0.2, 0) is 0 Å². The zero-order valence-corrected chi connectivity index (χ0v) is 65.0. The highest BCUT2D eigenvalue weighted by Gasteiger charge is 2.31. The maximum atomic E-state index is 6.86. The number of ether oxygens (including phenoxy) is 4. The fourth-order valence-corrected chi connectivity index (χ4v) is 14.9. The van der Waals surface area contributed by atoms with Crippen LogP contribution in [0.15, 0.2) is 97.1 Å². The van der Waals surface area contributed by atoms with Crippen LogP contribution >= 0.6 is 0 Å². The second kappa shape index (κ2) is 43.5. The predicted molar refractivity (Wildman–Crippen MR) is 422 cm³/mol. The SMILES string of the molecule is CCCCC(C)N(c1ccc(N(c2ccc(N(c3ccc(N(C(C)CCCC)C(C)CCCC)c(OCC)c3)c3ccc(N(C(C)CCCC)C(C)CCCC)c(OCC)c3)cc2)c2ccc(N(C(C)CCCC)C(C)CCCC)c(OCC)c2)cc1OCC)C(C)CCCC. The fraction of sp³-hybridized carbons (Fsp3) is 0.651. The van der Waals surface area contributed by atoms with Crippen molar-refractivity contribution in [3.05, 3.63) is 97.1 Å². The summed E-state index contributed by atoms with van der Waals surface area (Å²) in [4.78, 5) is 15.5. The standard InChI is InChI=1S/C86H140N6O4/c1-21-33-41-65(13)87(66(14)42-34-22-2)79-57-53-75(61-83(79)93-29-9)91(76-54-58-80(84(62-76)94-30-10)88(67(15)43-35-23-3)68(16)44-36-24-4)73-49-51-74(52-50-73)92(77-55-59-81(85(63-77)95-31-11)89(69(17)45-37-25-5)70(18)46-38-26-6)78-56-60-82(86(64-78)96-32-12)90(71(19)47-39-27-7)72(20)48-40-28-8/h49-72H,21-48H2,1-20H3. The van der Waals surface area contributed by atoms with Crippen molar-refractivity contribution in [3.8, 4) is 23.0 Å². The molecule has 96 heavy (non-hydrogen) atoms. The van der Waals surface area contributed by atoms with E-state index in [0.29, 0.717) is 74.8 Å². The molecule has 0 aliphatic carbocycles. The van der Waals surface area contributed by atoms with Crippen LogP contribution in [0.2, 0.25) is 0 Å². The summed E-state index contributed by atoms with van der Waals surface area (Å²) < 4.78 is 27.4. The second-order valence-corrected chi connectivity index (χ2v) is 28.1. The van der Waals surface area contributed by atoms with Crippen molar-refractivity contribution in [1.82, 2.24) is 0 Å². The molecule has 5 rings (SSSR count). The quantitative estimate of drug-likeness (QED) is 0.0376. The molecular weight excluding hydrogens is 1180 g/mol. The maximum Gasteiger partial charge on any atom is 0.144 e. The third-order valence-corrected chi connectivity index (χ3v) is 20.1. The molecule has 8 unspecified atom stereocenters. The van der Waals surface area contributed by atoms with Gasteiger partial charge in [-0.3, -0.25) is 0 Å². The summed E-state index contributed by atoms with van der Waals surface area (Å²) >= 11 is 0. The number of hydrogen-bond donors (Lipinski definition) is 0. The summed E-state index contributed by atoms with van der Waals surface area (Å²) in [6.07, 6.45) is 27.9. The van der Waals surface area contributed by atoms with E-state index in [-0.39, 0.29) is 0 Å². The lowest BCUT2D eigenvalue weighted by molar-refractivity contribution is 0.337. The van der Waals surface area contributed by atoms with Crippen molar-refractivity contribution in [2.24, 2.45) is 0 Å². The number of benzene rings is 5. The van der Waals surface area contributed by atoms with Crippen LogP contribution in [0, 0.1) is 0 Å². The van der Waals surface area contributed by atoms with Gasteiger partial charge in [-0.2, -0.15) is 0 Å². The van der Waals surface area contributed by atoms with Crippen LogP contribution in [-0.4, -0.2) is 74.8 Å². The molecule has 0 spiro atoms. The van der Waals surface area contributed by atoms with E-state index in [4.69, 9.17) is 18.9 Å². The molecule has 0 saturated carbocycles. The number of anilines is 10. The van der Waals surface area contributed by atoms with Crippen molar-refractivity contribution < 1.29 is 18.9 Å². The Kier molecular flexibility index (Phi) is 36.6. The molecule has 8 atom stereocenters. The fourth-order valence-electron chi connectivity index (χ4n) is 14.9. The largest absolute Gasteiger partial charge is 0.492 e. The summed E-state index contributed by atoms with van der Waals surface area (Å²) in [5, 5.41) is 0. The zero-order chi connectivity index (χ0) is 70.1. The molecule has 0 aliphatic heterocycles. The van der Waals surface area contributed by atoms with Crippen molar-refractivity contribution in [2.75, 3.05) is 55.8 Å². The monoisotopic (exact) mass is 1320 g/mol. The Labute approximate surface area is 589 Å². The summed E-state index contributed by atoms with van der Waals surface area (Å²) in [6, 6.07) is 40.1. The number of nitrogens with zero attached hydrogens (tertiary/aromatic N) is 6. The molecule has 538 valence electrons. The topological polar surface area (TPSA) is 56.4 Å². The minimum absolute atomic E-state index is 0.351. The lowest BCUT2D eigenvalue weighted by Gasteiger charge is -2.39. The van der Waals surface area contributed by atoms with Gasteiger partial charge in [-0.05, 0) is 207 Å². The van der Waals surface area contributed by atoms with Gasteiger partial charge in [0.05, 0.1) is 49.2 Å². The first-order chi connectivity index (χ1) is 46.5. The van der Waals surface area contributed by atoms with Crippen molar-refractivity contribution in [1.29, 1.82) is 0 Å². The van der Waals surface area contributed by atoms with Gasteiger partial charge in [-0.25, -0.2) is 0 Å². The molecular formula is C86H140N6O4. The van der Waals surface area contributed by atoms with Gasteiger partial charge in [0.15, 0.2) is 0 Å². The lowest BCUT2D eigenvalue weighted by atomic mass is 10.0. The normalized spacial score (nSPS) is 14.0. The van der Waals surface area contributed by atoms with Crippen molar-refractivity contribution in [2.45, 2.75) is 341 Å². The first-order valence-corrected chi connectivity index (χ1v) is 39.4. The van der Waals surface area contributed by atoms with E-state index in [1.165, 1.54) is 125 Å². The average molecular weight is 1320 g/mol. The van der Waals surface area contributed by atoms with Gasteiger partial charge in [0, 0.05) is 107 Å². The van der Waals surface area contributed by atoms with E-state index in [1.807, 2.05) is 0 Å². The van der Waals surface area contributed by atoms with Gasteiger partial charge in [0.25, 0.3) is 0 Å². The van der Waals surface area contributed by atoms with E-state index in [0.717, 1.165) is 108 Å². The van der Waals surface area contributed by atoms with E-state index >= 15 is 0 Å². The third kappa shape index (κ3) is 22.6. The Hall–Kier alpha value is -5.90. The number of hydrogen-bond acceptors (Lipinski definition) is 10. The highest BCUT2D eigenvalue weighted by atomic mass is 16.5. The van der Waals surface area contributed by atoms with Gasteiger partial charge in [-0.15, -0.1) is 0 Å². The summed E-state index contributed by atoms with van der Waals surface area (Å²) in [7, 11) is 0. The third-order valence-electron chi connectivity index (χ3n) is 20.1. The minimum atomic E-state index is 0.351. The minimum Gasteiger partial charge on any atom is -0.492 e. The Bertz CT molecular complexity index is 2490. The predicted octanol–water partition coefficient (Wildman–Crippen LogP) is 26.1. The van der Waals surface area contributed by atoms with Crippen molar-refractivity contribution in [3.63, 3.8) is 0 Å². The van der Waals surface area contributed by atoms with E-state index in [1.54, 1.807) is 0 Å². The Morgan fingerprint density at radius 3 is 0.531 bits per heavy atom. The Morgan fingerprint density at radius 1 is 0.229 bits per heavy atom. The number of rotatable bonds is 50.